The van der Waals surface area contributed by atoms with Gasteiger partial charge in [0.1, 0.15) is 5.75 Å². The minimum absolute atomic E-state index is 0. The number of benzene rings is 1. The summed E-state index contributed by atoms with van der Waals surface area (Å²) in [6.45, 7) is 5.43. The van der Waals surface area contributed by atoms with Crippen molar-refractivity contribution in [2.75, 3.05) is 19.7 Å². The van der Waals surface area contributed by atoms with Crippen LogP contribution in [0, 0.1) is 5.41 Å². The van der Waals surface area contributed by atoms with E-state index in [2.05, 4.69) is 13.8 Å². The van der Waals surface area contributed by atoms with Gasteiger partial charge in [0, 0.05) is 24.2 Å². The molecule has 1 aromatic rings. The van der Waals surface area contributed by atoms with Crippen molar-refractivity contribution in [3.8, 4) is 5.75 Å². The molecule has 0 spiro atoms. The Kier molecular flexibility index (Phi) is 6.81. The van der Waals surface area contributed by atoms with E-state index in [1.54, 1.807) is 23.1 Å². The van der Waals surface area contributed by atoms with Crippen molar-refractivity contribution in [3.63, 3.8) is 0 Å². The Morgan fingerprint density at radius 2 is 2.14 bits per heavy atom. The van der Waals surface area contributed by atoms with Crippen molar-refractivity contribution in [1.82, 2.24) is 4.90 Å². The average Bonchev–Trinajstić information content (AvgIpc) is 2.40. The Hall–Kier alpha value is -0.680. The van der Waals surface area contributed by atoms with Crippen LogP contribution in [0.25, 0.3) is 0 Å². The van der Waals surface area contributed by atoms with Crippen molar-refractivity contribution >= 4 is 41.5 Å². The molecular weight excluding hydrogens is 347 g/mol. The number of hydrogen-bond acceptors (Lipinski definition) is 3. The van der Waals surface area contributed by atoms with E-state index in [1.807, 2.05) is 0 Å². The number of carbonyl (C=O) groups excluding carboxylic acids is 1. The Morgan fingerprint density at radius 3 is 2.73 bits per heavy atom. The predicted octanol–water partition coefficient (Wildman–Crippen LogP) is 3.38. The lowest BCUT2D eigenvalue weighted by molar-refractivity contribution is -0.136. The first-order valence-corrected chi connectivity index (χ1v) is 7.66. The van der Waals surface area contributed by atoms with E-state index in [1.165, 1.54) is 0 Å². The number of ether oxygens (including phenoxy) is 1. The van der Waals surface area contributed by atoms with Gasteiger partial charge < -0.3 is 15.4 Å². The highest BCUT2D eigenvalue weighted by Gasteiger charge is 2.35. The van der Waals surface area contributed by atoms with Crippen LogP contribution in [0.5, 0.6) is 5.75 Å². The molecule has 124 valence electrons. The van der Waals surface area contributed by atoms with Crippen molar-refractivity contribution in [3.05, 3.63) is 28.2 Å². The van der Waals surface area contributed by atoms with Crippen LogP contribution in [-0.4, -0.2) is 36.5 Å². The summed E-state index contributed by atoms with van der Waals surface area (Å²) in [5.41, 5.74) is 6.00. The van der Waals surface area contributed by atoms with Gasteiger partial charge in [-0.1, -0.05) is 37.0 Å². The smallest absolute Gasteiger partial charge is 0.260 e. The Bertz CT molecular complexity index is 538. The largest absolute Gasteiger partial charge is 0.482 e. The van der Waals surface area contributed by atoms with Crippen molar-refractivity contribution in [2.45, 2.75) is 26.3 Å². The molecule has 1 aromatic carbocycles. The molecule has 1 fully saturated rings. The van der Waals surface area contributed by atoms with Gasteiger partial charge in [-0.05, 0) is 30.0 Å². The third-order valence-corrected chi connectivity index (χ3v) is 4.44. The van der Waals surface area contributed by atoms with E-state index in [4.69, 9.17) is 33.7 Å². The van der Waals surface area contributed by atoms with E-state index in [-0.39, 0.29) is 36.4 Å². The van der Waals surface area contributed by atoms with E-state index in [0.29, 0.717) is 28.9 Å². The van der Waals surface area contributed by atoms with Gasteiger partial charge in [-0.2, -0.15) is 0 Å². The molecular formula is C15H21Cl3N2O2. The van der Waals surface area contributed by atoms with Gasteiger partial charge in [0.25, 0.3) is 5.91 Å². The summed E-state index contributed by atoms with van der Waals surface area (Å²) in [6, 6.07) is 5.05. The number of carbonyl (C=O) groups is 1. The van der Waals surface area contributed by atoms with Crippen molar-refractivity contribution in [2.24, 2.45) is 11.1 Å². The lowest BCUT2D eigenvalue weighted by Crippen LogP contribution is -2.54. The van der Waals surface area contributed by atoms with E-state index >= 15 is 0 Å². The predicted molar refractivity (Wildman–Crippen MR) is 92.2 cm³/mol. The van der Waals surface area contributed by atoms with Crippen LogP contribution in [0.1, 0.15) is 20.3 Å². The molecule has 0 aliphatic carbocycles. The fraction of sp³-hybridized carbons (Fsp3) is 0.533. The molecule has 1 aliphatic rings. The summed E-state index contributed by atoms with van der Waals surface area (Å²) in [5.74, 6) is 0.406. The molecule has 1 amide bonds. The Labute approximate surface area is 147 Å². The number of hydrogen-bond donors (Lipinski definition) is 1. The van der Waals surface area contributed by atoms with Gasteiger partial charge in [0.15, 0.2) is 6.61 Å². The maximum absolute atomic E-state index is 12.2. The number of piperidine rings is 1. The lowest BCUT2D eigenvalue weighted by Gasteiger charge is -2.42. The second-order valence-electron chi connectivity index (χ2n) is 6.06. The van der Waals surface area contributed by atoms with Gasteiger partial charge in [0.2, 0.25) is 0 Å². The molecule has 0 aromatic heterocycles. The molecule has 2 rings (SSSR count). The second-order valence-corrected chi connectivity index (χ2v) is 6.91. The molecule has 22 heavy (non-hydrogen) atoms. The van der Waals surface area contributed by atoms with Crippen molar-refractivity contribution < 1.29 is 9.53 Å². The number of rotatable bonds is 3. The highest BCUT2D eigenvalue weighted by atomic mass is 35.5. The zero-order chi connectivity index (χ0) is 15.6. The zero-order valence-electron chi connectivity index (χ0n) is 12.6. The summed E-state index contributed by atoms with van der Waals surface area (Å²) >= 11 is 11.8. The summed E-state index contributed by atoms with van der Waals surface area (Å²) < 4.78 is 5.49. The molecule has 0 bridgehead atoms. The minimum Gasteiger partial charge on any atom is -0.482 e. The zero-order valence-corrected chi connectivity index (χ0v) is 15.0. The van der Waals surface area contributed by atoms with Crippen LogP contribution in [0.2, 0.25) is 10.0 Å². The van der Waals surface area contributed by atoms with Crippen molar-refractivity contribution in [1.29, 1.82) is 0 Å². The summed E-state index contributed by atoms with van der Waals surface area (Å²) in [5, 5.41) is 0.932. The second kappa shape index (κ2) is 7.73. The molecule has 1 aliphatic heterocycles. The number of amides is 1. The molecule has 1 saturated heterocycles. The van der Waals surface area contributed by atoms with Crippen LogP contribution in [-0.2, 0) is 4.79 Å². The van der Waals surface area contributed by atoms with Crippen LogP contribution in [0.15, 0.2) is 18.2 Å². The molecule has 4 nitrogen and oxygen atoms in total. The van der Waals surface area contributed by atoms with Gasteiger partial charge in [-0.15, -0.1) is 12.4 Å². The molecule has 1 atom stereocenters. The molecule has 1 heterocycles. The third-order valence-electron chi connectivity index (χ3n) is 3.91. The third kappa shape index (κ3) is 4.66. The highest BCUT2D eigenvalue weighted by molar-refractivity contribution is 6.35. The van der Waals surface area contributed by atoms with Gasteiger partial charge >= 0.3 is 0 Å². The standard InChI is InChI=1S/C15H20Cl2N2O2.ClH/c1-15(2)9-19(6-5-13(15)18)14(20)8-21-12-4-3-10(16)7-11(12)17;/h3-4,7,13H,5-6,8-9,18H2,1-2H3;1H. The van der Waals surface area contributed by atoms with Crippen LogP contribution in [0.4, 0.5) is 0 Å². The number of halogens is 3. The normalized spacial score (nSPS) is 20.2. The first kappa shape index (κ1) is 19.4. The molecule has 7 heteroatoms. The minimum atomic E-state index is -0.0776. The molecule has 1 unspecified atom stereocenters. The SMILES string of the molecule is CC1(C)CN(C(=O)COc2ccc(Cl)cc2Cl)CCC1N.Cl. The first-order valence-electron chi connectivity index (χ1n) is 6.91. The fourth-order valence-electron chi connectivity index (χ4n) is 2.41. The van der Waals surface area contributed by atoms with Crippen LogP contribution < -0.4 is 10.5 Å². The summed E-state index contributed by atoms with van der Waals surface area (Å²) in [4.78, 5) is 14.0. The van der Waals surface area contributed by atoms with Crippen LogP contribution in [0.3, 0.4) is 0 Å². The Morgan fingerprint density at radius 1 is 1.45 bits per heavy atom. The van der Waals surface area contributed by atoms with Crippen LogP contribution >= 0.6 is 35.6 Å². The van der Waals surface area contributed by atoms with E-state index < -0.39 is 0 Å². The maximum atomic E-state index is 12.2. The van der Waals surface area contributed by atoms with Gasteiger partial charge in [-0.3, -0.25) is 4.79 Å². The quantitative estimate of drug-likeness (QED) is 0.891. The molecule has 0 saturated carbocycles. The van der Waals surface area contributed by atoms with Gasteiger partial charge in [0.05, 0.1) is 5.02 Å². The maximum Gasteiger partial charge on any atom is 0.260 e. The number of nitrogens with two attached hydrogens (primary N) is 1. The first-order chi connectivity index (χ1) is 9.79. The number of likely N-dealkylation sites (tertiary alicyclic amines) is 1. The summed E-state index contributed by atoms with van der Waals surface area (Å²) in [7, 11) is 0. The highest BCUT2D eigenvalue weighted by Crippen LogP contribution is 2.29. The fourth-order valence-corrected chi connectivity index (χ4v) is 2.87. The van der Waals surface area contributed by atoms with E-state index in [0.717, 1.165) is 6.42 Å². The van der Waals surface area contributed by atoms with Gasteiger partial charge in [-0.25, -0.2) is 0 Å². The molecule has 0 radical (unpaired) electrons. The average molecular weight is 368 g/mol. The molecule has 2 N–H and O–H groups in total. The number of nitrogens with zero attached hydrogens (tertiary/aromatic N) is 1. The Balaban J connectivity index is 0.00000242. The monoisotopic (exact) mass is 366 g/mol. The van der Waals surface area contributed by atoms with E-state index in [9.17, 15) is 4.79 Å². The lowest BCUT2D eigenvalue weighted by atomic mass is 9.80. The topological polar surface area (TPSA) is 55.6 Å². The summed E-state index contributed by atoms with van der Waals surface area (Å²) in [6.07, 6.45) is 0.806.